The van der Waals surface area contributed by atoms with Gasteiger partial charge < -0.3 is 26.7 Å². The van der Waals surface area contributed by atoms with Crippen molar-refractivity contribution in [2.45, 2.75) is 13.5 Å². The second-order valence-electron chi connectivity index (χ2n) is 7.33. The number of allylic oxidation sites excluding steroid dienone is 2. The topological polar surface area (TPSA) is 126 Å². The van der Waals surface area contributed by atoms with E-state index in [1.54, 1.807) is 24.4 Å². The Labute approximate surface area is 203 Å². The summed E-state index contributed by atoms with van der Waals surface area (Å²) < 4.78 is 0. The van der Waals surface area contributed by atoms with Crippen molar-refractivity contribution in [3.63, 3.8) is 0 Å². The van der Waals surface area contributed by atoms with Gasteiger partial charge in [0, 0.05) is 48.4 Å². The first-order valence-electron chi connectivity index (χ1n) is 10.5. The Morgan fingerprint density at radius 1 is 1.21 bits per heavy atom. The van der Waals surface area contributed by atoms with Crippen molar-refractivity contribution < 1.29 is 4.79 Å². The van der Waals surface area contributed by atoms with Crippen LogP contribution in [0.3, 0.4) is 0 Å². The van der Waals surface area contributed by atoms with Gasteiger partial charge in [0.2, 0.25) is 0 Å². The maximum atomic E-state index is 12.2. The molecule has 1 amide bonds. The lowest BCUT2D eigenvalue weighted by Crippen LogP contribution is -2.25. The van der Waals surface area contributed by atoms with Crippen molar-refractivity contribution >= 4 is 35.4 Å². The van der Waals surface area contributed by atoms with E-state index in [-0.39, 0.29) is 17.3 Å². The van der Waals surface area contributed by atoms with Crippen LogP contribution in [0.25, 0.3) is 0 Å². The summed E-state index contributed by atoms with van der Waals surface area (Å²) >= 11 is 6.23. The number of likely N-dealkylation sites (N-methyl/N-ethyl adjacent to an activating group) is 1. The maximum absolute atomic E-state index is 12.2. The van der Waals surface area contributed by atoms with Gasteiger partial charge in [-0.2, -0.15) is 0 Å². The van der Waals surface area contributed by atoms with Crippen molar-refractivity contribution in [3.05, 3.63) is 106 Å². The minimum atomic E-state index is -0.378. The highest BCUT2D eigenvalue weighted by molar-refractivity contribution is 6.31. The lowest BCUT2D eigenvalue weighted by atomic mass is 10.0. The van der Waals surface area contributed by atoms with E-state index in [0.29, 0.717) is 34.4 Å². The molecule has 0 radical (unpaired) electrons. The first-order valence-corrected chi connectivity index (χ1v) is 10.9. The summed E-state index contributed by atoms with van der Waals surface area (Å²) in [5.74, 6) is 0.394. The van der Waals surface area contributed by atoms with Crippen LogP contribution < -0.4 is 21.3 Å². The van der Waals surface area contributed by atoms with E-state index in [1.165, 1.54) is 7.05 Å². The number of nitrogens with zero attached hydrogens (tertiary/aromatic N) is 1. The molecule has 0 unspecified atom stereocenters. The number of rotatable bonds is 8. The summed E-state index contributed by atoms with van der Waals surface area (Å²) in [6.07, 6.45) is 7.87. The summed E-state index contributed by atoms with van der Waals surface area (Å²) in [6, 6.07) is 13.1. The van der Waals surface area contributed by atoms with Crippen LogP contribution in [0.15, 0.2) is 89.4 Å². The first kappa shape index (κ1) is 24.5. The van der Waals surface area contributed by atoms with E-state index in [2.05, 4.69) is 26.3 Å². The molecule has 174 valence electrons. The second-order valence-corrected chi connectivity index (χ2v) is 7.74. The van der Waals surface area contributed by atoms with Gasteiger partial charge in [0.25, 0.3) is 5.91 Å². The van der Waals surface area contributed by atoms with E-state index in [0.717, 1.165) is 17.5 Å². The largest absolute Gasteiger partial charge is 0.366 e. The van der Waals surface area contributed by atoms with Crippen LogP contribution in [-0.2, 0) is 11.3 Å². The van der Waals surface area contributed by atoms with Gasteiger partial charge in [-0.25, -0.2) is 4.98 Å². The molecule has 0 bridgehead atoms. The number of amidine groups is 1. The number of halogens is 1. The number of hydrogen-bond acceptors (Lipinski definition) is 6. The Kier molecular flexibility index (Phi) is 8.37. The number of aryl methyl sites for hydroxylation is 1. The standard InChI is InChI=1S/C25H26ClN7O/c1-16-6-5-9-24(32-16)33-21(13-23(28)31-15-18-7-3-4-8-20(18)26)17-10-11-30-22(12-17)19(14-27)25(34)29-2/h3-14,27,30H,15H2,1-2H3,(H2,28,31)(H,29,34)(H,32,33)/b21-13-,22-19+,27-14?. The van der Waals surface area contributed by atoms with Crippen molar-refractivity contribution in [1.82, 2.24) is 20.9 Å². The van der Waals surface area contributed by atoms with Gasteiger partial charge in [-0.15, -0.1) is 0 Å². The molecule has 0 atom stereocenters. The molecule has 1 aromatic heterocycles. The molecule has 3 rings (SSSR count). The first-order chi connectivity index (χ1) is 16.4. The SMILES string of the molecule is CNC(=O)/C(C=N)=C1C=C(/C(=C/C(=N)NCc2ccccc2Cl)Nc2cccc(C)n2)C=CN\1. The second kappa shape index (κ2) is 11.6. The molecule has 1 aliphatic rings. The third-order valence-electron chi connectivity index (χ3n) is 4.89. The van der Waals surface area contributed by atoms with E-state index in [1.807, 2.05) is 49.4 Å². The molecule has 1 aliphatic heterocycles. The monoisotopic (exact) mass is 475 g/mol. The van der Waals surface area contributed by atoms with Crippen LogP contribution in [0, 0.1) is 17.7 Å². The van der Waals surface area contributed by atoms with Crippen LogP contribution in [-0.4, -0.2) is 30.0 Å². The Morgan fingerprint density at radius 2 is 2.00 bits per heavy atom. The number of pyridine rings is 1. The number of anilines is 1. The average Bonchev–Trinajstić information content (AvgIpc) is 2.83. The van der Waals surface area contributed by atoms with Crippen LogP contribution in [0.2, 0.25) is 5.02 Å². The van der Waals surface area contributed by atoms with Crippen LogP contribution >= 0.6 is 11.6 Å². The molecule has 0 fully saturated rings. The number of dihydropyridines is 1. The smallest absolute Gasteiger partial charge is 0.254 e. The minimum absolute atomic E-state index is 0.159. The molecule has 0 aliphatic carbocycles. The molecule has 2 heterocycles. The highest BCUT2D eigenvalue weighted by Gasteiger charge is 2.15. The highest BCUT2D eigenvalue weighted by Crippen LogP contribution is 2.21. The van der Waals surface area contributed by atoms with E-state index in [9.17, 15) is 4.79 Å². The fraction of sp³-hybridized carbons (Fsp3) is 0.120. The van der Waals surface area contributed by atoms with Gasteiger partial charge in [0.05, 0.1) is 17.0 Å². The Bertz CT molecular complexity index is 1230. The molecular weight excluding hydrogens is 450 g/mol. The normalized spacial score (nSPS) is 14.4. The number of benzene rings is 1. The Balaban J connectivity index is 1.94. The Morgan fingerprint density at radius 3 is 2.71 bits per heavy atom. The van der Waals surface area contributed by atoms with Crippen molar-refractivity contribution in [1.29, 1.82) is 10.8 Å². The van der Waals surface area contributed by atoms with Crippen LogP contribution in [0.4, 0.5) is 5.82 Å². The van der Waals surface area contributed by atoms with Gasteiger partial charge in [-0.1, -0.05) is 35.9 Å². The quantitative estimate of drug-likeness (QED) is 0.197. The number of hydrogen-bond donors (Lipinski definition) is 6. The predicted octanol–water partition coefficient (Wildman–Crippen LogP) is 3.80. The summed E-state index contributed by atoms with van der Waals surface area (Å²) in [6.45, 7) is 2.28. The van der Waals surface area contributed by atoms with Gasteiger partial charge in [0.1, 0.15) is 11.7 Å². The van der Waals surface area contributed by atoms with Gasteiger partial charge in [-0.3, -0.25) is 10.2 Å². The summed E-state index contributed by atoms with van der Waals surface area (Å²) in [5.41, 5.74) is 3.66. The fourth-order valence-corrected chi connectivity index (χ4v) is 3.36. The van der Waals surface area contributed by atoms with Gasteiger partial charge in [0.15, 0.2) is 0 Å². The summed E-state index contributed by atoms with van der Waals surface area (Å²) in [4.78, 5) is 16.7. The lowest BCUT2D eigenvalue weighted by molar-refractivity contribution is -0.116. The van der Waals surface area contributed by atoms with Crippen molar-refractivity contribution in [3.8, 4) is 0 Å². The van der Waals surface area contributed by atoms with E-state index < -0.39 is 0 Å². The van der Waals surface area contributed by atoms with Gasteiger partial charge >= 0.3 is 0 Å². The minimum Gasteiger partial charge on any atom is -0.366 e. The van der Waals surface area contributed by atoms with Crippen LogP contribution in [0.1, 0.15) is 11.3 Å². The molecule has 9 heteroatoms. The van der Waals surface area contributed by atoms with E-state index >= 15 is 0 Å². The molecule has 6 N–H and O–H groups in total. The highest BCUT2D eigenvalue weighted by atomic mass is 35.5. The fourth-order valence-electron chi connectivity index (χ4n) is 3.16. The number of aromatic nitrogens is 1. The zero-order valence-corrected chi connectivity index (χ0v) is 19.6. The van der Waals surface area contributed by atoms with E-state index in [4.69, 9.17) is 22.4 Å². The summed E-state index contributed by atoms with van der Waals surface area (Å²) in [5, 5.41) is 28.6. The zero-order valence-electron chi connectivity index (χ0n) is 18.9. The molecule has 0 saturated heterocycles. The number of carbonyl (C=O) groups excluding carboxylic acids is 1. The number of carbonyl (C=O) groups is 1. The maximum Gasteiger partial charge on any atom is 0.254 e. The third kappa shape index (κ3) is 6.43. The van der Waals surface area contributed by atoms with Gasteiger partial charge in [-0.05, 0) is 42.8 Å². The number of nitrogens with one attached hydrogen (secondary N) is 6. The zero-order chi connectivity index (χ0) is 24.5. The van der Waals surface area contributed by atoms with Crippen LogP contribution in [0.5, 0.6) is 0 Å². The molecule has 8 nitrogen and oxygen atoms in total. The molecule has 1 aromatic carbocycles. The number of amides is 1. The van der Waals surface area contributed by atoms with Crippen molar-refractivity contribution in [2.24, 2.45) is 0 Å². The molecule has 2 aromatic rings. The van der Waals surface area contributed by atoms with Crippen molar-refractivity contribution in [2.75, 3.05) is 12.4 Å². The summed E-state index contributed by atoms with van der Waals surface area (Å²) in [7, 11) is 1.51. The predicted molar refractivity (Wildman–Crippen MR) is 137 cm³/mol. The average molecular weight is 476 g/mol. The Hall–Kier alpha value is -4.17. The molecular formula is C25H26ClN7O. The lowest BCUT2D eigenvalue weighted by Gasteiger charge is -2.18. The third-order valence-corrected chi connectivity index (χ3v) is 5.25. The molecule has 0 saturated carbocycles. The molecule has 0 spiro atoms. The molecule has 34 heavy (non-hydrogen) atoms.